The van der Waals surface area contributed by atoms with E-state index in [9.17, 15) is 4.79 Å². The third-order valence-corrected chi connectivity index (χ3v) is 7.25. The molecule has 1 N–H and O–H groups in total. The lowest BCUT2D eigenvalue weighted by Gasteiger charge is -2.24. The summed E-state index contributed by atoms with van der Waals surface area (Å²) in [4.78, 5) is 14.0. The lowest BCUT2D eigenvalue weighted by Crippen LogP contribution is -2.27. The second-order valence-electron chi connectivity index (χ2n) is 11.2. The first kappa shape index (κ1) is 26.4. The molecule has 2 aromatic heterocycles. The van der Waals surface area contributed by atoms with Gasteiger partial charge in [0.05, 0.1) is 12.2 Å². The molecule has 0 aliphatic rings. The molecule has 0 atom stereocenters. The van der Waals surface area contributed by atoms with Crippen LogP contribution in [-0.2, 0) is 18.4 Å². The maximum Gasteiger partial charge on any atom is 0.333 e. The predicted octanol–water partition coefficient (Wildman–Crippen LogP) is 6.48. The van der Waals surface area contributed by atoms with E-state index in [4.69, 9.17) is 0 Å². The number of aryl methyl sites for hydroxylation is 2. The molecule has 0 amide bonds. The van der Waals surface area contributed by atoms with Gasteiger partial charge in [-0.25, -0.2) is 4.79 Å². The lowest BCUT2D eigenvalue weighted by atomic mass is 9.84. The van der Waals surface area contributed by atoms with Gasteiger partial charge in [-0.3, -0.25) is 9.13 Å². The van der Waals surface area contributed by atoms with Gasteiger partial charge in [-0.05, 0) is 58.2 Å². The minimum Gasteiger partial charge on any atom is -0.292 e. The van der Waals surface area contributed by atoms with Crippen molar-refractivity contribution < 1.29 is 0 Å². The molecule has 2 heterocycles. The maximum absolute atomic E-state index is 14.0. The Morgan fingerprint density at radius 1 is 0.923 bits per heavy atom. The first-order valence-electron chi connectivity index (χ1n) is 13.6. The van der Waals surface area contributed by atoms with Crippen LogP contribution in [0.15, 0.2) is 77.7 Å². The molecule has 0 spiro atoms. The van der Waals surface area contributed by atoms with Gasteiger partial charge < -0.3 is 0 Å². The van der Waals surface area contributed by atoms with E-state index in [1.54, 1.807) is 0 Å². The highest BCUT2D eigenvalue weighted by Gasteiger charge is 2.23. The molecule has 39 heavy (non-hydrogen) atoms. The minimum absolute atomic E-state index is 0.00688. The molecule has 0 aliphatic heterocycles. The highest BCUT2D eigenvalue weighted by Crippen LogP contribution is 2.31. The number of H-pyrrole nitrogens is 1. The maximum atomic E-state index is 14.0. The molecule has 3 aromatic carbocycles. The second-order valence-corrected chi connectivity index (χ2v) is 11.2. The quantitative estimate of drug-likeness (QED) is 0.254. The fraction of sp³-hybridized carbons (Fsp3) is 0.312. The van der Waals surface area contributed by atoms with Gasteiger partial charge in [0.1, 0.15) is 0 Å². The summed E-state index contributed by atoms with van der Waals surface area (Å²) in [5.41, 5.74) is 8.36. The Balaban J connectivity index is 1.52. The molecule has 5 aromatic rings. The predicted molar refractivity (Wildman–Crippen MR) is 156 cm³/mol. The number of nitrogens with zero attached hydrogens (tertiary/aromatic N) is 5. The van der Waals surface area contributed by atoms with Crippen molar-refractivity contribution in [2.45, 2.75) is 65.8 Å². The van der Waals surface area contributed by atoms with E-state index in [2.05, 4.69) is 110 Å². The molecule has 7 nitrogen and oxygen atoms in total. The van der Waals surface area contributed by atoms with E-state index in [-0.39, 0.29) is 11.1 Å². The van der Waals surface area contributed by atoms with Crippen molar-refractivity contribution in [1.29, 1.82) is 0 Å². The van der Waals surface area contributed by atoms with Crippen molar-refractivity contribution in [1.82, 2.24) is 29.8 Å². The number of aromatic amines is 1. The summed E-state index contributed by atoms with van der Waals surface area (Å²) in [5, 5.41) is 14.6. The normalized spacial score (nSPS) is 11.7. The van der Waals surface area contributed by atoms with Crippen LogP contribution in [0.25, 0.3) is 28.2 Å². The number of benzene rings is 3. The van der Waals surface area contributed by atoms with Crippen LogP contribution < -0.4 is 5.69 Å². The summed E-state index contributed by atoms with van der Waals surface area (Å²) in [7, 11) is 0. The Labute approximate surface area is 229 Å². The van der Waals surface area contributed by atoms with Crippen molar-refractivity contribution in [2.75, 3.05) is 0 Å². The number of hydrogen-bond acceptors (Lipinski definition) is 4. The molecular weight excluding hydrogens is 484 g/mol. The van der Waals surface area contributed by atoms with Gasteiger partial charge in [-0.1, -0.05) is 101 Å². The fourth-order valence-electron chi connectivity index (χ4n) is 5.18. The molecule has 0 saturated heterocycles. The van der Waals surface area contributed by atoms with Crippen LogP contribution >= 0.6 is 0 Å². The highest BCUT2D eigenvalue weighted by molar-refractivity contribution is 5.80. The summed E-state index contributed by atoms with van der Waals surface area (Å²) in [6, 6.07) is 22.7. The Bertz CT molecular complexity index is 1620. The van der Waals surface area contributed by atoms with Crippen LogP contribution in [0, 0.1) is 6.92 Å². The van der Waals surface area contributed by atoms with Crippen LogP contribution in [0.3, 0.4) is 0 Å². The zero-order valence-electron chi connectivity index (χ0n) is 23.4. The smallest absolute Gasteiger partial charge is 0.292 e. The molecule has 0 aliphatic carbocycles. The standard InChI is InChI=1S/C32H36N6O/c1-6-7-12-25-21-38(29-22(2)11-10-15-28(29)32(3,4)5)31(39)37(25)20-23-16-18-24(19-17-23)26-13-8-9-14-27(26)30-33-35-36-34-30/h8-11,13-19,21H,6-7,12,20H2,1-5H3,(H,33,34,35,36). The molecule has 0 saturated carbocycles. The number of tetrazole rings is 1. The Hall–Kier alpha value is -4.26. The highest BCUT2D eigenvalue weighted by atomic mass is 16.1. The van der Waals surface area contributed by atoms with Crippen LogP contribution in [0.2, 0.25) is 0 Å². The van der Waals surface area contributed by atoms with Crippen LogP contribution in [-0.4, -0.2) is 29.8 Å². The van der Waals surface area contributed by atoms with Crippen LogP contribution in [0.5, 0.6) is 0 Å². The molecular formula is C32H36N6O. The van der Waals surface area contributed by atoms with Crippen LogP contribution in [0.4, 0.5) is 0 Å². The van der Waals surface area contributed by atoms with Crippen molar-refractivity contribution in [2.24, 2.45) is 0 Å². The van der Waals surface area contributed by atoms with Crippen LogP contribution in [0.1, 0.15) is 62.9 Å². The van der Waals surface area contributed by atoms with E-state index in [0.717, 1.165) is 58.5 Å². The molecule has 0 fully saturated rings. The van der Waals surface area contributed by atoms with Gasteiger partial charge in [0.2, 0.25) is 5.82 Å². The molecule has 5 rings (SSSR count). The molecule has 0 bridgehead atoms. The molecule has 0 unspecified atom stereocenters. The van der Waals surface area contributed by atoms with E-state index in [0.29, 0.717) is 12.4 Å². The van der Waals surface area contributed by atoms with Gasteiger partial charge in [0.15, 0.2) is 0 Å². The molecule has 0 radical (unpaired) electrons. The Morgan fingerprint density at radius 2 is 1.67 bits per heavy atom. The average molecular weight is 521 g/mol. The first-order chi connectivity index (χ1) is 18.8. The van der Waals surface area contributed by atoms with Gasteiger partial charge in [-0.2, -0.15) is 5.21 Å². The number of hydrogen-bond donors (Lipinski definition) is 1. The Kier molecular flexibility index (Phi) is 7.33. The number of nitrogens with one attached hydrogen (secondary N) is 1. The van der Waals surface area contributed by atoms with E-state index < -0.39 is 0 Å². The zero-order valence-corrected chi connectivity index (χ0v) is 23.4. The zero-order chi connectivity index (χ0) is 27.6. The van der Waals surface area contributed by atoms with Crippen molar-refractivity contribution in [3.8, 4) is 28.2 Å². The van der Waals surface area contributed by atoms with Crippen molar-refractivity contribution in [3.63, 3.8) is 0 Å². The average Bonchev–Trinajstić information content (AvgIpc) is 3.56. The summed E-state index contributed by atoms with van der Waals surface area (Å²) in [6.07, 6.45) is 5.04. The number of imidazole rings is 1. The van der Waals surface area contributed by atoms with E-state index in [1.165, 1.54) is 5.56 Å². The lowest BCUT2D eigenvalue weighted by molar-refractivity contribution is 0.583. The topological polar surface area (TPSA) is 81.4 Å². The number of para-hydroxylation sites is 1. The van der Waals surface area contributed by atoms with Gasteiger partial charge >= 0.3 is 5.69 Å². The third kappa shape index (κ3) is 5.35. The third-order valence-electron chi connectivity index (χ3n) is 7.25. The summed E-state index contributed by atoms with van der Waals surface area (Å²) in [6.45, 7) is 11.4. The number of rotatable bonds is 8. The number of aromatic nitrogens is 6. The van der Waals surface area contributed by atoms with E-state index >= 15 is 0 Å². The molecule has 7 heteroatoms. The fourth-order valence-corrected chi connectivity index (χ4v) is 5.18. The first-order valence-corrected chi connectivity index (χ1v) is 13.6. The molecule has 200 valence electrons. The second kappa shape index (κ2) is 10.8. The summed E-state index contributed by atoms with van der Waals surface area (Å²) < 4.78 is 3.81. The summed E-state index contributed by atoms with van der Waals surface area (Å²) >= 11 is 0. The van der Waals surface area contributed by atoms with Crippen molar-refractivity contribution in [3.05, 3.63) is 106 Å². The van der Waals surface area contributed by atoms with Gasteiger partial charge in [0.25, 0.3) is 0 Å². The van der Waals surface area contributed by atoms with E-state index in [1.807, 2.05) is 27.3 Å². The van der Waals surface area contributed by atoms with Gasteiger partial charge in [0, 0.05) is 17.5 Å². The minimum atomic E-state index is -0.0832. The van der Waals surface area contributed by atoms with Gasteiger partial charge in [-0.15, -0.1) is 10.2 Å². The Morgan fingerprint density at radius 3 is 2.33 bits per heavy atom. The monoisotopic (exact) mass is 520 g/mol. The summed E-state index contributed by atoms with van der Waals surface area (Å²) in [5.74, 6) is 0.564. The SMILES string of the molecule is CCCCc1cn(-c2c(C)cccc2C(C)(C)C)c(=O)n1Cc1ccc(-c2ccccc2-c2nn[nH]n2)cc1. The van der Waals surface area contributed by atoms with Crippen molar-refractivity contribution >= 4 is 0 Å². The number of unbranched alkanes of at least 4 members (excludes halogenated alkanes) is 1. The largest absolute Gasteiger partial charge is 0.333 e.